The number of amides is 4. The van der Waals surface area contributed by atoms with Gasteiger partial charge in [-0.1, -0.05) is 37.8 Å². The van der Waals surface area contributed by atoms with Crippen LogP contribution >= 0.6 is 0 Å². The van der Waals surface area contributed by atoms with Gasteiger partial charge < -0.3 is 30.3 Å². The minimum atomic E-state index is -1.55. The summed E-state index contributed by atoms with van der Waals surface area (Å²) in [5.74, 6) is -1.25. The minimum absolute atomic E-state index is 0.0125. The van der Waals surface area contributed by atoms with E-state index in [0.717, 1.165) is 25.7 Å². The van der Waals surface area contributed by atoms with Crippen LogP contribution in [-0.4, -0.2) is 82.3 Å². The van der Waals surface area contributed by atoms with E-state index in [4.69, 9.17) is 15.2 Å². The van der Waals surface area contributed by atoms with Gasteiger partial charge in [0.2, 0.25) is 17.7 Å². The molecule has 3 fully saturated rings. The monoisotopic (exact) mass is 607 g/mol. The number of carbonyl (C=O) groups is 5. The van der Waals surface area contributed by atoms with Crippen LogP contribution in [0.15, 0.2) is 18.2 Å². The summed E-state index contributed by atoms with van der Waals surface area (Å²) in [6, 6.07) is 4.06. The predicted octanol–water partition coefficient (Wildman–Crippen LogP) is 2.21. The third-order valence-corrected chi connectivity index (χ3v) is 8.92. The molecular weight excluding hydrogens is 566 g/mol. The van der Waals surface area contributed by atoms with Gasteiger partial charge in [0.1, 0.15) is 35.5 Å². The van der Waals surface area contributed by atoms with Crippen LogP contribution in [0.1, 0.15) is 76.8 Å². The number of nitrogens with one attached hydrogen (secondary N) is 1. The second kappa shape index (κ2) is 11.7. The predicted molar refractivity (Wildman–Crippen MR) is 157 cm³/mol. The first-order chi connectivity index (χ1) is 20.7. The van der Waals surface area contributed by atoms with E-state index in [-0.39, 0.29) is 48.3 Å². The Morgan fingerprint density at radius 3 is 2.43 bits per heavy atom. The maximum atomic E-state index is 14.3. The van der Waals surface area contributed by atoms with Crippen LogP contribution in [0.2, 0.25) is 0 Å². The Balaban J connectivity index is 1.40. The van der Waals surface area contributed by atoms with Crippen molar-refractivity contribution in [1.29, 1.82) is 5.26 Å². The second-order valence-electron chi connectivity index (χ2n) is 13.7. The Kier molecular flexibility index (Phi) is 8.35. The molecule has 236 valence electrons. The van der Waals surface area contributed by atoms with Gasteiger partial charge in [0.15, 0.2) is 11.4 Å². The van der Waals surface area contributed by atoms with Gasteiger partial charge >= 0.3 is 6.09 Å². The number of Topliss-reactive ketones (excluding diaryl/α,β-unsaturated/α-hetero) is 1. The Labute approximate surface area is 257 Å². The van der Waals surface area contributed by atoms with Crippen molar-refractivity contribution >= 4 is 29.6 Å². The number of para-hydroxylation sites is 1. The average Bonchev–Trinajstić information content (AvgIpc) is 3.89. The minimum Gasteiger partial charge on any atom is -0.476 e. The zero-order chi connectivity index (χ0) is 32.0. The number of hydrogen-bond acceptors (Lipinski definition) is 8. The number of ketones is 1. The maximum Gasteiger partial charge on any atom is 0.408 e. The van der Waals surface area contributed by atoms with Crippen molar-refractivity contribution in [3.05, 3.63) is 29.3 Å². The quantitative estimate of drug-likeness (QED) is 0.430. The van der Waals surface area contributed by atoms with Gasteiger partial charge in [0, 0.05) is 25.5 Å². The van der Waals surface area contributed by atoms with Gasteiger partial charge in [0.05, 0.1) is 12.1 Å². The SMILES string of the molecule is CN(C(=O)[C@H](CC1CC1)NC(=O)OC(C)(C)C)[C@@H](CC1CC1)C(=O)N1C[C@@]2(C[C@H]1C(N)=O)Oc1c(C#N)cccc1CC2=O. The number of rotatable bonds is 9. The normalized spacial score (nSPS) is 24.0. The van der Waals surface area contributed by atoms with E-state index in [1.807, 2.05) is 0 Å². The third-order valence-electron chi connectivity index (χ3n) is 8.92. The van der Waals surface area contributed by atoms with E-state index in [1.54, 1.807) is 39.0 Å². The van der Waals surface area contributed by atoms with Crippen LogP contribution in [0.5, 0.6) is 5.75 Å². The van der Waals surface area contributed by atoms with Crippen molar-refractivity contribution in [1.82, 2.24) is 15.1 Å². The first kappa shape index (κ1) is 31.3. The molecule has 44 heavy (non-hydrogen) atoms. The fourth-order valence-electron chi connectivity index (χ4n) is 6.20. The highest BCUT2D eigenvalue weighted by Crippen LogP contribution is 2.42. The Morgan fingerprint density at radius 1 is 1.18 bits per heavy atom. The fraction of sp³-hybridized carbons (Fsp3) is 0.625. The molecule has 1 aromatic rings. The van der Waals surface area contributed by atoms with Gasteiger partial charge in [-0.25, -0.2) is 4.79 Å². The van der Waals surface area contributed by atoms with Crippen LogP contribution in [0.4, 0.5) is 4.79 Å². The Morgan fingerprint density at radius 2 is 1.84 bits per heavy atom. The lowest BCUT2D eigenvalue weighted by Crippen LogP contribution is -2.58. The van der Waals surface area contributed by atoms with E-state index < -0.39 is 53.1 Å². The summed E-state index contributed by atoms with van der Waals surface area (Å²) < 4.78 is 11.6. The Hall–Kier alpha value is -4.14. The molecule has 0 radical (unpaired) electrons. The van der Waals surface area contributed by atoms with Gasteiger partial charge in [0.25, 0.3) is 0 Å². The molecule has 0 aromatic heterocycles. The number of likely N-dealkylation sites (N-methyl/N-ethyl adjacent to an activating group) is 1. The van der Waals surface area contributed by atoms with E-state index in [0.29, 0.717) is 18.4 Å². The average molecular weight is 608 g/mol. The third kappa shape index (κ3) is 6.66. The number of carbonyl (C=O) groups excluding carboxylic acids is 5. The molecule has 1 aromatic carbocycles. The number of primary amides is 1. The molecule has 1 spiro atoms. The molecule has 1 saturated heterocycles. The molecule has 2 heterocycles. The first-order valence-corrected chi connectivity index (χ1v) is 15.3. The number of ether oxygens (including phenoxy) is 2. The lowest BCUT2D eigenvalue weighted by Gasteiger charge is -2.36. The van der Waals surface area contributed by atoms with Crippen LogP contribution in [0.3, 0.4) is 0 Å². The van der Waals surface area contributed by atoms with Crippen molar-refractivity contribution in [2.24, 2.45) is 17.6 Å². The highest BCUT2D eigenvalue weighted by molar-refractivity contribution is 5.98. The van der Waals surface area contributed by atoms with E-state index in [1.165, 1.54) is 16.8 Å². The standard InChI is InChI=1S/C32H41N5O7/c1-31(2,3)44-30(42)35-22(12-18-8-9-18)28(40)36(4)23(13-19-10-11-19)29(41)37-17-32(15-24(37)27(34)39)25(38)14-20-6-5-7-21(16-33)26(20)43-32/h5-7,18-19,22-24H,8-15,17H2,1-4H3,(H2,34,39)(H,35,42)/t22-,23-,24-,32+/m0/s1. The topological polar surface area (TPSA) is 172 Å². The number of benzene rings is 1. The lowest BCUT2D eigenvalue weighted by atomic mass is 9.86. The molecule has 2 aliphatic carbocycles. The second-order valence-corrected chi connectivity index (χ2v) is 13.7. The zero-order valence-electron chi connectivity index (χ0n) is 25.8. The summed E-state index contributed by atoms with van der Waals surface area (Å²) in [6.07, 6.45) is 3.64. The first-order valence-electron chi connectivity index (χ1n) is 15.3. The van der Waals surface area contributed by atoms with Gasteiger partial charge in [-0.15, -0.1) is 0 Å². The Bertz CT molecular complexity index is 1410. The van der Waals surface area contributed by atoms with E-state index in [2.05, 4.69) is 11.4 Å². The molecule has 0 unspecified atom stereocenters. The van der Waals surface area contributed by atoms with Crippen molar-refractivity contribution in [3.63, 3.8) is 0 Å². The summed E-state index contributed by atoms with van der Waals surface area (Å²) in [5.41, 5.74) is 4.30. The molecule has 12 heteroatoms. The van der Waals surface area contributed by atoms with Crippen molar-refractivity contribution in [2.45, 2.75) is 101 Å². The summed E-state index contributed by atoms with van der Waals surface area (Å²) in [5, 5.41) is 12.4. The van der Waals surface area contributed by atoms with Crippen LogP contribution in [0, 0.1) is 23.2 Å². The van der Waals surface area contributed by atoms with Crippen LogP contribution in [0.25, 0.3) is 0 Å². The molecule has 5 rings (SSSR count). The zero-order valence-corrected chi connectivity index (χ0v) is 25.8. The summed E-state index contributed by atoms with van der Waals surface area (Å²) in [4.78, 5) is 69.8. The summed E-state index contributed by atoms with van der Waals surface area (Å²) >= 11 is 0. The molecule has 4 atom stereocenters. The molecule has 4 amide bonds. The fourth-order valence-corrected chi connectivity index (χ4v) is 6.20. The molecular formula is C32H41N5O7. The molecule has 0 bridgehead atoms. The van der Waals surface area contributed by atoms with Gasteiger partial charge in [-0.2, -0.15) is 5.26 Å². The number of hydrogen-bond donors (Lipinski definition) is 2. The van der Waals surface area contributed by atoms with Crippen LogP contribution in [-0.2, 0) is 30.3 Å². The molecule has 2 saturated carbocycles. The van der Waals surface area contributed by atoms with Crippen LogP contribution < -0.4 is 15.8 Å². The number of likely N-dealkylation sites (tertiary alicyclic amines) is 1. The largest absolute Gasteiger partial charge is 0.476 e. The van der Waals surface area contributed by atoms with E-state index >= 15 is 0 Å². The number of alkyl carbamates (subject to hydrolysis) is 1. The number of nitrogens with zero attached hydrogens (tertiary/aromatic N) is 3. The van der Waals surface area contributed by atoms with Gasteiger partial charge in [-0.05, 0) is 51.5 Å². The summed E-state index contributed by atoms with van der Waals surface area (Å²) in [7, 11) is 1.53. The van der Waals surface area contributed by atoms with Crippen molar-refractivity contribution in [2.75, 3.05) is 13.6 Å². The molecule has 3 N–H and O–H groups in total. The molecule has 12 nitrogen and oxygen atoms in total. The molecule has 2 aliphatic heterocycles. The smallest absolute Gasteiger partial charge is 0.408 e. The maximum absolute atomic E-state index is 14.3. The lowest BCUT2D eigenvalue weighted by molar-refractivity contribution is -0.149. The number of nitrogens with two attached hydrogens (primary N) is 1. The summed E-state index contributed by atoms with van der Waals surface area (Å²) in [6.45, 7) is 4.97. The van der Waals surface area contributed by atoms with Crippen molar-refractivity contribution < 1.29 is 33.4 Å². The van der Waals surface area contributed by atoms with E-state index in [9.17, 15) is 29.2 Å². The van der Waals surface area contributed by atoms with Crippen molar-refractivity contribution in [3.8, 4) is 11.8 Å². The highest BCUT2D eigenvalue weighted by Gasteiger charge is 2.57. The van der Waals surface area contributed by atoms with Gasteiger partial charge in [-0.3, -0.25) is 19.2 Å². The number of fused-ring (bicyclic) bond motifs is 1. The highest BCUT2D eigenvalue weighted by atomic mass is 16.6. The molecule has 4 aliphatic rings. The number of nitriles is 1.